The molecule has 1 heteroatoms. The van der Waals surface area contributed by atoms with E-state index in [-0.39, 0.29) is 0 Å². The third kappa shape index (κ3) is 2.46. The van der Waals surface area contributed by atoms with Gasteiger partial charge < -0.3 is 5.32 Å². The van der Waals surface area contributed by atoms with E-state index in [0.717, 1.165) is 5.92 Å². The minimum absolute atomic E-state index is 0.665. The zero-order valence-electron chi connectivity index (χ0n) is 8.94. The Hall–Kier alpha value is -0.0400. The number of hydrogen-bond donors (Lipinski definition) is 1. The van der Waals surface area contributed by atoms with Crippen LogP contribution in [0.3, 0.4) is 0 Å². The van der Waals surface area contributed by atoms with Gasteiger partial charge >= 0.3 is 0 Å². The molecule has 2 rings (SSSR count). The highest BCUT2D eigenvalue weighted by molar-refractivity contribution is 4.85. The van der Waals surface area contributed by atoms with Crippen LogP contribution in [-0.2, 0) is 0 Å². The van der Waals surface area contributed by atoms with Crippen LogP contribution in [0, 0.1) is 11.3 Å². The van der Waals surface area contributed by atoms with Gasteiger partial charge in [-0.3, -0.25) is 0 Å². The highest BCUT2D eigenvalue weighted by Crippen LogP contribution is 2.39. The molecule has 0 heterocycles. The van der Waals surface area contributed by atoms with Crippen LogP contribution < -0.4 is 5.32 Å². The van der Waals surface area contributed by atoms with Crippen molar-refractivity contribution in [1.29, 1.82) is 0 Å². The number of rotatable bonds is 4. The molecule has 0 spiro atoms. The molecule has 0 aliphatic heterocycles. The summed E-state index contributed by atoms with van der Waals surface area (Å²) in [5, 5.41) is 3.67. The maximum atomic E-state index is 3.67. The van der Waals surface area contributed by atoms with Crippen LogP contribution in [0.1, 0.15) is 51.9 Å². The van der Waals surface area contributed by atoms with Gasteiger partial charge in [-0.15, -0.1) is 0 Å². The summed E-state index contributed by atoms with van der Waals surface area (Å²) in [5.41, 5.74) is 0.665. The maximum Gasteiger partial charge on any atom is 0.000527 e. The fourth-order valence-electron chi connectivity index (χ4n) is 2.75. The van der Waals surface area contributed by atoms with E-state index in [1.54, 1.807) is 0 Å². The molecule has 2 fully saturated rings. The molecule has 2 saturated carbocycles. The topological polar surface area (TPSA) is 12.0 Å². The van der Waals surface area contributed by atoms with Crippen LogP contribution in [0.2, 0.25) is 0 Å². The van der Waals surface area contributed by atoms with Crippen molar-refractivity contribution >= 4 is 0 Å². The average molecular weight is 181 g/mol. The Morgan fingerprint density at radius 3 is 2.38 bits per heavy atom. The van der Waals surface area contributed by atoms with Gasteiger partial charge in [0.1, 0.15) is 0 Å². The average Bonchev–Trinajstić information content (AvgIpc) is 2.54. The van der Waals surface area contributed by atoms with Crippen molar-refractivity contribution in [2.24, 2.45) is 11.3 Å². The van der Waals surface area contributed by atoms with E-state index >= 15 is 0 Å². The van der Waals surface area contributed by atoms with E-state index < -0.39 is 0 Å². The molecule has 2 aliphatic carbocycles. The first-order valence-electron chi connectivity index (χ1n) is 5.99. The van der Waals surface area contributed by atoms with E-state index in [0.29, 0.717) is 5.41 Å². The summed E-state index contributed by atoms with van der Waals surface area (Å²) in [5.74, 6) is 1.00. The Morgan fingerprint density at radius 2 is 1.85 bits per heavy atom. The van der Waals surface area contributed by atoms with Crippen LogP contribution in [0.5, 0.6) is 0 Å². The Balaban J connectivity index is 1.57. The fourth-order valence-corrected chi connectivity index (χ4v) is 2.75. The second kappa shape index (κ2) is 4.00. The Morgan fingerprint density at radius 1 is 1.15 bits per heavy atom. The first-order chi connectivity index (χ1) is 6.29. The minimum atomic E-state index is 0.665. The zero-order valence-corrected chi connectivity index (χ0v) is 8.94. The van der Waals surface area contributed by atoms with E-state index in [1.165, 1.54) is 58.0 Å². The Bertz CT molecular complexity index is 155. The first-order valence-corrected chi connectivity index (χ1v) is 5.99. The van der Waals surface area contributed by atoms with Gasteiger partial charge in [-0.1, -0.05) is 26.2 Å². The van der Waals surface area contributed by atoms with E-state index in [1.807, 2.05) is 0 Å². The third-order valence-electron chi connectivity index (χ3n) is 4.02. The SMILES string of the molecule is CC1(CNCC2CCCC2)CCC1. The molecule has 0 radical (unpaired) electrons. The van der Waals surface area contributed by atoms with Crippen molar-refractivity contribution < 1.29 is 0 Å². The standard InChI is InChI=1S/C12H23N/c1-12(7-4-8-12)10-13-9-11-5-2-3-6-11/h11,13H,2-10H2,1H3. The smallest absolute Gasteiger partial charge is 0.000527 e. The van der Waals surface area contributed by atoms with Gasteiger partial charge in [0.15, 0.2) is 0 Å². The molecule has 0 saturated heterocycles. The van der Waals surface area contributed by atoms with Gasteiger partial charge in [-0.2, -0.15) is 0 Å². The summed E-state index contributed by atoms with van der Waals surface area (Å²) in [7, 11) is 0. The lowest BCUT2D eigenvalue weighted by molar-refractivity contribution is 0.154. The second-order valence-electron chi connectivity index (χ2n) is 5.45. The van der Waals surface area contributed by atoms with E-state index in [2.05, 4.69) is 12.2 Å². The summed E-state index contributed by atoms with van der Waals surface area (Å²) >= 11 is 0. The lowest BCUT2D eigenvalue weighted by Crippen LogP contribution is -2.38. The number of hydrogen-bond acceptors (Lipinski definition) is 1. The summed E-state index contributed by atoms with van der Waals surface area (Å²) in [6, 6.07) is 0. The minimum Gasteiger partial charge on any atom is -0.316 e. The molecular weight excluding hydrogens is 158 g/mol. The van der Waals surface area contributed by atoms with Gasteiger partial charge in [0.05, 0.1) is 0 Å². The molecule has 0 bridgehead atoms. The van der Waals surface area contributed by atoms with Crippen LogP contribution in [0.15, 0.2) is 0 Å². The maximum absolute atomic E-state index is 3.67. The monoisotopic (exact) mass is 181 g/mol. The lowest BCUT2D eigenvalue weighted by atomic mass is 9.70. The normalized spacial score (nSPS) is 27.5. The molecule has 0 atom stereocenters. The van der Waals surface area contributed by atoms with Gasteiger partial charge in [-0.25, -0.2) is 0 Å². The molecule has 76 valence electrons. The van der Waals surface area contributed by atoms with Crippen molar-refractivity contribution in [3.05, 3.63) is 0 Å². The molecule has 1 N–H and O–H groups in total. The van der Waals surface area contributed by atoms with Crippen LogP contribution in [0.25, 0.3) is 0 Å². The van der Waals surface area contributed by atoms with Crippen LogP contribution in [0.4, 0.5) is 0 Å². The molecule has 2 aliphatic rings. The summed E-state index contributed by atoms with van der Waals surface area (Å²) in [6.07, 6.45) is 10.3. The molecule has 0 amide bonds. The predicted molar refractivity (Wildman–Crippen MR) is 56.8 cm³/mol. The molecule has 1 nitrogen and oxygen atoms in total. The third-order valence-corrected chi connectivity index (χ3v) is 4.02. The predicted octanol–water partition coefficient (Wildman–Crippen LogP) is 2.96. The second-order valence-corrected chi connectivity index (χ2v) is 5.45. The van der Waals surface area contributed by atoms with E-state index in [9.17, 15) is 0 Å². The van der Waals surface area contributed by atoms with Crippen molar-refractivity contribution in [3.63, 3.8) is 0 Å². The van der Waals surface area contributed by atoms with Crippen LogP contribution >= 0.6 is 0 Å². The summed E-state index contributed by atoms with van der Waals surface area (Å²) in [4.78, 5) is 0. The summed E-state index contributed by atoms with van der Waals surface area (Å²) in [6.45, 7) is 4.98. The molecule has 0 aromatic carbocycles. The summed E-state index contributed by atoms with van der Waals surface area (Å²) < 4.78 is 0. The van der Waals surface area contributed by atoms with E-state index in [4.69, 9.17) is 0 Å². The molecule has 0 aromatic heterocycles. The fraction of sp³-hybridized carbons (Fsp3) is 1.00. The molecular formula is C12H23N. The zero-order chi connectivity index (χ0) is 9.15. The molecule has 0 unspecified atom stereocenters. The van der Waals surface area contributed by atoms with Crippen molar-refractivity contribution in [1.82, 2.24) is 5.32 Å². The Kier molecular flexibility index (Phi) is 2.92. The van der Waals surface area contributed by atoms with Crippen molar-refractivity contribution in [2.45, 2.75) is 51.9 Å². The molecule has 0 aromatic rings. The quantitative estimate of drug-likeness (QED) is 0.703. The van der Waals surface area contributed by atoms with Gasteiger partial charge in [0.25, 0.3) is 0 Å². The van der Waals surface area contributed by atoms with Crippen LogP contribution in [-0.4, -0.2) is 13.1 Å². The highest BCUT2D eigenvalue weighted by atomic mass is 14.9. The molecule has 13 heavy (non-hydrogen) atoms. The highest BCUT2D eigenvalue weighted by Gasteiger charge is 2.31. The number of nitrogens with one attached hydrogen (secondary N) is 1. The van der Waals surface area contributed by atoms with Crippen molar-refractivity contribution in [3.8, 4) is 0 Å². The van der Waals surface area contributed by atoms with Crippen molar-refractivity contribution in [2.75, 3.05) is 13.1 Å². The Labute approximate surface area is 82.3 Å². The first kappa shape index (κ1) is 9.51. The lowest BCUT2D eigenvalue weighted by Gasteiger charge is -2.38. The largest absolute Gasteiger partial charge is 0.316 e. The van der Waals surface area contributed by atoms with Gasteiger partial charge in [-0.05, 0) is 43.6 Å². The van der Waals surface area contributed by atoms with Gasteiger partial charge in [0, 0.05) is 6.54 Å². The van der Waals surface area contributed by atoms with Gasteiger partial charge in [0.2, 0.25) is 0 Å².